The number of rotatable bonds is 4. The topological polar surface area (TPSA) is 64.6 Å². The van der Waals surface area contributed by atoms with Gasteiger partial charge in [0.05, 0.1) is 6.61 Å². The molecule has 0 aromatic rings. The zero-order valence-electron chi connectivity index (χ0n) is 8.65. The number of esters is 1. The van der Waals surface area contributed by atoms with Gasteiger partial charge in [-0.15, -0.1) is 11.8 Å². The van der Waals surface area contributed by atoms with E-state index in [0.717, 1.165) is 12.8 Å². The highest BCUT2D eigenvalue weighted by Gasteiger charge is 2.26. The molecule has 86 valence electrons. The van der Waals surface area contributed by atoms with Crippen LogP contribution in [0.3, 0.4) is 0 Å². The molecule has 0 aromatic carbocycles. The van der Waals surface area contributed by atoms with E-state index in [1.807, 2.05) is 6.92 Å². The minimum Gasteiger partial charge on any atom is -0.434 e. The molecular formula is C9H15NO4S. The first kappa shape index (κ1) is 12.3. The number of thioether (sulfide) groups is 1. The van der Waals surface area contributed by atoms with Crippen LogP contribution in [0.15, 0.2) is 0 Å². The van der Waals surface area contributed by atoms with Crippen LogP contribution in [-0.2, 0) is 14.3 Å². The molecule has 0 bridgehead atoms. The third kappa shape index (κ3) is 4.53. The predicted octanol–water partition coefficient (Wildman–Crippen LogP) is 1.13. The number of carbonyl (C=O) groups is 2. The predicted molar refractivity (Wildman–Crippen MR) is 56.6 cm³/mol. The first-order valence-electron chi connectivity index (χ1n) is 4.93. The van der Waals surface area contributed by atoms with Crippen LogP contribution in [0, 0.1) is 0 Å². The van der Waals surface area contributed by atoms with Crippen LogP contribution in [0.1, 0.15) is 19.8 Å². The first-order chi connectivity index (χ1) is 7.24. The summed E-state index contributed by atoms with van der Waals surface area (Å²) in [6.07, 6.45) is 0.815. The van der Waals surface area contributed by atoms with Crippen molar-refractivity contribution in [1.82, 2.24) is 5.32 Å². The molecule has 1 atom stereocenters. The van der Waals surface area contributed by atoms with Crippen molar-refractivity contribution < 1.29 is 19.1 Å². The highest BCUT2D eigenvalue weighted by Crippen LogP contribution is 2.10. The lowest BCUT2D eigenvalue weighted by molar-refractivity contribution is -0.141. The van der Waals surface area contributed by atoms with Gasteiger partial charge in [-0.2, -0.15) is 0 Å². The highest BCUT2D eigenvalue weighted by molar-refractivity contribution is 7.99. The third-order valence-corrected chi connectivity index (χ3v) is 2.84. The molecule has 1 heterocycles. The van der Waals surface area contributed by atoms with Crippen LogP contribution in [0.2, 0.25) is 0 Å². The Bertz CT molecular complexity index is 228. The number of carbonyl (C=O) groups excluding carboxylic acids is 2. The summed E-state index contributed by atoms with van der Waals surface area (Å²) in [5.74, 6) is 0.799. The van der Waals surface area contributed by atoms with Gasteiger partial charge in [-0.05, 0) is 6.42 Å². The standard InChI is InChI=1S/C9H15NO4S/c1-2-3-4-13-9(12)14-8(11)7-5-15-6-10-7/h7,10H,2-6H2,1H3. The van der Waals surface area contributed by atoms with Crippen molar-refractivity contribution in [2.75, 3.05) is 18.2 Å². The van der Waals surface area contributed by atoms with Crippen LogP contribution in [0.4, 0.5) is 4.79 Å². The van der Waals surface area contributed by atoms with Crippen molar-refractivity contribution >= 4 is 23.9 Å². The van der Waals surface area contributed by atoms with E-state index in [1.54, 1.807) is 11.8 Å². The van der Waals surface area contributed by atoms with Crippen LogP contribution in [-0.4, -0.2) is 36.4 Å². The molecule has 0 spiro atoms. The maximum Gasteiger partial charge on any atom is 0.516 e. The summed E-state index contributed by atoms with van der Waals surface area (Å²) >= 11 is 1.60. The van der Waals surface area contributed by atoms with E-state index >= 15 is 0 Å². The molecule has 1 unspecified atom stereocenters. The average Bonchev–Trinajstić information content (AvgIpc) is 2.70. The molecule has 1 saturated heterocycles. The lowest BCUT2D eigenvalue weighted by atomic mass is 10.3. The molecule has 0 aliphatic carbocycles. The van der Waals surface area contributed by atoms with Crippen molar-refractivity contribution in [2.45, 2.75) is 25.8 Å². The Morgan fingerprint density at radius 3 is 2.93 bits per heavy atom. The molecule has 0 amide bonds. The fourth-order valence-electron chi connectivity index (χ4n) is 1.03. The second kappa shape index (κ2) is 6.68. The van der Waals surface area contributed by atoms with E-state index in [9.17, 15) is 9.59 Å². The van der Waals surface area contributed by atoms with Gasteiger partial charge in [0.15, 0.2) is 0 Å². The minimum atomic E-state index is -0.896. The van der Waals surface area contributed by atoms with Crippen molar-refractivity contribution in [3.05, 3.63) is 0 Å². The summed E-state index contributed by atoms with van der Waals surface area (Å²) in [6.45, 7) is 2.29. The number of hydrogen-bond acceptors (Lipinski definition) is 6. The minimum absolute atomic E-state index is 0.301. The molecular weight excluding hydrogens is 218 g/mol. The van der Waals surface area contributed by atoms with Crippen molar-refractivity contribution in [2.24, 2.45) is 0 Å². The molecule has 5 nitrogen and oxygen atoms in total. The third-order valence-electron chi connectivity index (χ3n) is 1.90. The Kier molecular flexibility index (Phi) is 5.49. The summed E-state index contributed by atoms with van der Waals surface area (Å²) in [5, 5.41) is 2.91. The highest BCUT2D eigenvalue weighted by atomic mass is 32.2. The van der Waals surface area contributed by atoms with Gasteiger partial charge in [-0.3, -0.25) is 5.32 Å². The van der Waals surface area contributed by atoms with Crippen LogP contribution >= 0.6 is 11.8 Å². The van der Waals surface area contributed by atoms with Gasteiger partial charge in [0.25, 0.3) is 0 Å². The van der Waals surface area contributed by atoms with E-state index in [2.05, 4.69) is 10.1 Å². The van der Waals surface area contributed by atoms with Gasteiger partial charge >= 0.3 is 12.1 Å². The lowest BCUT2D eigenvalue weighted by Gasteiger charge is -2.08. The Labute approximate surface area is 92.9 Å². The Hall–Kier alpha value is -0.750. The fourth-order valence-corrected chi connectivity index (χ4v) is 1.96. The van der Waals surface area contributed by atoms with E-state index in [1.165, 1.54) is 0 Å². The van der Waals surface area contributed by atoms with Gasteiger partial charge in [0.2, 0.25) is 0 Å². The molecule has 1 aliphatic rings. The molecule has 1 N–H and O–H groups in total. The molecule has 0 aromatic heterocycles. The second-order valence-electron chi connectivity index (χ2n) is 3.14. The van der Waals surface area contributed by atoms with Gasteiger partial charge < -0.3 is 9.47 Å². The number of ether oxygens (including phenoxy) is 2. The van der Waals surface area contributed by atoms with Crippen molar-refractivity contribution in [1.29, 1.82) is 0 Å². The van der Waals surface area contributed by atoms with E-state index in [4.69, 9.17) is 4.74 Å². The molecule has 1 fully saturated rings. The van der Waals surface area contributed by atoms with Crippen molar-refractivity contribution in [3.8, 4) is 0 Å². The maximum absolute atomic E-state index is 11.3. The number of nitrogens with one attached hydrogen (secondary N) is 1. The van der Waals surface area contributed by atoms with E-state index in [0.29, 0.717) is 18.2 Å². The van der Waals surface area contributed by atoms with Gasteiger partial charge in [0.1, 0.15) is 6.04 Å². The largest absolute Gasteiger partial charge is 0.516 e. The fraction of sp³-hybridized carbons (Fsp3) is 0.778. The maximum atomic E-state index is 11.3. The molecule has 1 rings (SSSR count). The van der Waals surface area contributed by atoms with Gasteiger partial charge in [-0.1, -0.05) is 13.3 Å². The molecule has 15 heavy (non-hydrogen) atoms. The SMILES string of the molecule is CCCCOC(=O)OC(=O)C1CSCN1. The summed E-state index contributed by atoms with van der Waals surface area (Å²) in [4.78, 5) is 22.3. The Balaban J connectivity index is 2.16. The molecule has 0 saturated carbocycles. The summed E-state index contributed by atoms with van der Waals surface area (Å²) < 4.78 is 9.20. The number of hydrogen-bond donors (Lipinski definition) is 1. The van der Waals surface area contributed by atoms with Crippen LogP contribution in [0.5, 0.6) is 0 Å². The lowest BCUT2D eigenvalue weighted by Crippen LogP contribution is -2.35. The summed E-state index contributed by atoms with van der Waals surface area (Å²) in [7, 11) is 0. The Morgan fingerprint density at radius 2 is 2.33 bits per heavy atom. The van der Waals surface area contributed by atoms with E-state index < -0.39 is 12.1 Å². The molecule has 0 radical (unpaired) electrons. The zero-order valence-corrected chi connectivity index (χ0v) is 9.47. The van der Waals surface area contributed by atoms with Crippen molar-refractivity contribution in [3.63, 3.8) is 0 Å². The van der Waals surface area contributed by atoms with Crippen LogP contribution in [0.25, 0.3) is 0 Å². The monoisotopic (exact) mass is 233 g/mol. The summed E-state index contributed by atoms with van der Waals surface area (Å²) in [6, 6.07) is -0.381. The molecule has 1 aliphatic heterocycles. The van der Waals surface area contributed by atoms with Gasteiger partial charge in [-0.25, -0.2) is 9.59 Å². The van der Waals surface area contributed by atoms with Gasteiger partial charge in [0, 0.05) is 11.6 Å². The normalized spacial score (nSPS) is 19.9. The smallest absolute Gasteiger partial charge is 0.434 e. The molecule has 6 heteroatoms. The second-order valence-corrected chi connectivity index (χ2v) is 4.18. The van der Waals surface area contributed by atoms with E-state index in [-0.39, 0.29) is 6.04 Å². The zero-order chi connectivity index (χ0) is 11.1. The average molecular weight is 233 g/mol. The van der Waals surface area contributed by atoms with Crippen LogP contribution < -0.4 is 5.32 Å². The first-order valence-corrected chi connectivity index (χ1v) is 6.09. The Morgan fingerprint density at radius 1 is 1.53 bits per heavy atom. The quantitative estimate of drug-likeness (QED) is 0.446. The summed E-state index contributed by atoms with van der Waals surface area (Å²) in [5.41, 5.74) is 0. The number of unbranched alkanes of at least 4 members (excludes halogenated alkanes) is 1.